The zero-order valence-electron chi connectivity index (χ0n) is 17.2. The average Bonchev–Trinajstić information content (AvgIpc) is 3.16. The molecule has 0 radical (unpaired) electrons. The fourth-order valence-electron chi connectivity index (χ4n) is 4.83. The van der Waals surface area contributed by atoms with Gasteiger partial charge in [-0.1, -0.05) is 19.3 Å². The molecule has 6 nitrogen and oxygen atoms in total. The minimum absolute atomic E-state index is 0.0736. The van der Waals surface area contributed by atoms with E-state index in [0.717, 1.165) is 68.0 Å². The van der Waals surface area contributed by atoms with Crippen molar-refractivity contribution in [3.8, 4) is 11.5 Å². The highest BCUT2D eigenvalue weighted by atomic mass is 16.2. The van der Waals surface area contributed by atoms with Crippen LogP contribution in [0.15, 0.2) is 18.3 Å². The summed E-state index contributed by atoms with van der Waals surface area (Å²) in [5, 5.41) is 3.28. The van der Waals surface area contributed by atoms with Gasteiger partial charge in [-0.05, 0) is 56.7 Å². The Hall–Kier alpha value is -2.50. The van der Waals surface area contributed by atoms with Crippen LogP contribution in [0.4, 0.5) is 5.82 Å². The zero-order chi connectivity index (χ0) is 19.8. The standard InChI is InChI=1S/C23H29N5O/c1-15-10-11-24-20(12-15)21-26-19-9-5-8-18(19)22(27-21)28-13-16(14-28)23(29)25-17-6-3-2-4-7-17/h10-12,16-17H,2-9,13-14H2,1H3,(H,25,29). The van der Waals surface area contributed by atoms with Gasteiger partial charge in [0.25, 0.3) is 0 Å². The monoisotopic (exact) mass is 391 g/mol. The number of carbonyl (C=O) groups excluding carboxylic acids is 1. The normalized spacial score (nSPS) is 19.7. The second-order valence-electron chi connectivity index (χ2n) is 8.81. The topological polar surface area (TPSA) is 71.0 Å². The van der Waals surface area contributed by atoms with Crippen molar-refractivity contribution in [1.82, 2.24) is 20.3 Å². The minimum atomic E-state index is 0.0736. The minimum Gasteiger partial charge on any atom is -0.355 e. The van der Waals surface area contributed by atoms with E-state index in [1.165, 1.54) is 24.8 Å². The van der Waals surface area contributed by atoms with Crippen LogP contribution in [0.1, 0.15) is 55.3 Å². The molecule has 0 unspecified atom stereocenters. The van der Waals surface area contributed by atoms with Gasteiger partial charge in [-0.2, -0.15) is 0 Å². The van der Waals surface area contributed by atoms with E-state index in [0.29, 0.717) is 11.9 Å². The number of rotatable bonds is 4. The van der Waals surface area contributed by atoms with Crippen molar-refractivity contribution in [1.29, 1.82) is 0 Å². The third-order valence-corrected chi connectivity index (χ3v) is 6.56. The van der Waals surface area contributed by atoms with Crippen molar-refractivity contribution >= 4 is 11.7 Å². The van der Waals surface area contributed by atoms with Crippen LogP contribution in [-0.2, 0) is 17.6 Å². The molecule has 0 atom stereocenters. The molecule has 1 amide bonds. The number of pyridine rings is 1. The van der Waals surface area contributed by atoms with Crippen molar-refractivity contribution in [3.05, 3.63) is 35.2 Å². The average molecular weight is 392 g/mol. The summed E-state index contributed by atoms with van der Waals surface area (Å²) in [4.78, 5) is 29.1. The lowest BCUT2D eigenvalue weighted by molar-refractivity contribution is -0.126. The predicted octanol–water partition coefficient (Wildman–Crippen LogP) is 3.22. The lowest BCUT2D eigenvalue weighted by Gasteiger charge is -2.40. The summed E-state index contributed by atoms with van der Waals surface area (Å²) in [6.07, 6.45) is 11.0. The highest BCUT2D eigenvalue weighted by Gasteiger charge is 2.37. The first-order valence-electron chi connectivity index (χ1n) is 11.1. The Morgan fingerprint density at radius 1 is 1.10 bits per heavy atom. The summed E-state index contributed by atoms with van der Waals surface area (Å²) in [6.45, 7) is 3.57. The van der Waals surface area contributed by atoms with Crippen molar-refractivity contribution in [2.24, 2.45) is 5.92 Å². The van der Waals surface area contributed by atoms with E-state index in [9.17, 15) is 4.79 Å². The van der Waals surface area contributed by atoms with E-state index in [-0.39, 0.29) is 11.8 Å². The van der Waals surface area contributed by atoms with Gasteiger partial charge in [0.15, 0.2) is 5.82 Å². The first-order valence-corrected chi connectivity index (χ1v) is 11.1. The number of nitrogens with one attached hydrogen (secondary N) is 1. The number of nitrogens with zero attached hydrogens (tertiary/aromatic N) is 4. The van der Waals surface area contributed by atoms with E-state index in [1.54, 1.807) is 0 Å². The van der Waals surface area contributed by atoms with Gasteiger partial charge in [0, 0.05) is 36.6 Å². The molecular weight excluding hydrogens is 362 g/mol. The van der Waals surface area contributed by atoms with Gasteiger partial charge in [0.2, 0.25) is 5.91 Å². The van der Waals surface area contributed by atoms with Crippen molar-refractivity contribution < 1.29 is 4.79 Å². The summed E-state index contributed by atoms with van der Waals surface area (Å²) in [6, 6.07) is 4.41. The molecule has 1 saturated carbocycles. The van der Waals surface area contributed by atoms with Crippen LogP contribution in [0, 0.1) is 12.8 Å². The SMILES string of the molecule is Cc1ccnc(-c2nc3c(c(N4CC(C(=O)NC5CCCCC5)C4)n2)CCC3)c1. The zero-order valence-corrected chi connectivity index (χ0v) is 17.2. The second-order valence-corrected chi connectivity index (χ2v) is 8.81. The molecule has 152 valence electrons. The molecule has 3 heterocycles. The largest absolute Gasteiger partial charge is 0.355 e. The maximum atomic E-state index is 12.6. The van der Waals surface area contributed by atoms with Crippen LogP contribution in [-0.4, -0.2) is 40.0 Å². The third-order valence-electron chi connectivity index (χ3n) is 6.56. The molecule has 2 aromatic rings. The molecule has 2 aromatic heterocycles. The molecule has 5 rings (SSSR count). The van der Waals surface area contributed by atoms with E-state index >= 15 is 0 Å². The van der Waals surface area contributed by atoms with Crippen molar-refractivity contribution in [3.63, 3.8) is 0 Å². The Balaban J connectivity index is 1.32. The van der Waals surface area contributed by atoms with Gasteiger partial charge in [-0.15, -0.1) is 0 Å². The van der Waals surface area contributed by atoms with Crippen LogP contribution in [0.3, 0.4) is 0 Å². The quantitative estimate of drug-likeness (QED) is 0.866. The summed E-state index contributed by atoms with van der Waals surface area (Å²) >= 11 is 0. The number of hydrogen-bond acceptors (Lipinski definition) is 5. The first-order chi connectivity index (χ1) is 14.2. The number of anilines is 1. The van der Waals surface area contributed by atoms with Gasteiger partial charge in [-0.25, -0.2) is 9.97 Å². The van der Waals surface area contributed by atoms with E-state index < -0.39 is 0 Å². The number of hydrogen-bond donors (Lipinski definition) is 1. The van der Waals surface area contributed by atoms with Crippen molar-refractivity contribution in [2.45, 2.75) is 64.3 Å². The van der Waals surface area contributed by atoms with Gasteiger partial charge in [0.1, 0.15) is 11.5 Å². The summed E-state index contributed by atoms with van der Waals surface area (Å²) in [5.41, 5.74) is 4.41. The first kappa shape index (κ1) is 18.5. The highest BCUT2D eigenvalue weighted by Crippen LogP contribution is 2.34. The maximum absolute atomic E-state index is 12.6. The Morgan fingerprint density at radius 2 is 1.93 bits per heavy atom. The van der Waals surface area contributed by atoms with Gasteiger partial charge in [0.05, 0.1) is 5.92 Å². The molecular formula is C23H29N5O. The maximum Gasteiger partial charge on any atom is 0.226 e. The number of aromatic nitrogens is 3. The fourth-order valence-corrected chi connectivity index (χ4v) is 4.83. The van der Waals surface area contributed by atoms with Gasteiger partial charge < -0.3 is 10.2 Å². The number of fused-ring (bicyclic) bond motifs is 1. The summed E-state index contributed by atoms with van der Waals surface area (Å²) < 4.78 is 0. The Morgan fingerprint density at radius 3 is 2.72 bits per heavy atom. The molecule has 1 N–H and O–H groups in total. The van der Waals surface area contributed by atoms with E-state index in [4.69, 9.17) is 9.97 Å². The molecule has 1 aliphatic heterocycles. The fraction of sp³-hybridized carbons (Fsp3) is 0.565. The molecule has 6 heteroatoms. The van der Waals surface area contributed by atoms with Crippen LogP contribution in [0.25, 0.3) is 11.5 Å². The molecule has 29 heavy (non-hydrogen) atoms. The number of carbonyl (C=O) groups is 1. The Kier molecular flexibility index (Phi) is 4.94. The van der Waals surface area contributed by atoms with E-state index in [2.05, 4.69) is 22.1 Å². The molecule has 3 aliphatic rings. The van der Waals surface area contributed by atoms with Crippen LogP contribution < -0.4 is 10.2 Å². The highest BCUT2D eigenvalue weighted by molar-refractivity contribution is 5.82. The predicted molar refractivity (Wildman–Crippen MR) is 113 cm³/mol. The van der Waals surface area contributed by atoms with Gasteiger partial charge in [-0.3, -0.25) is 9.78 Å². The number of aryl methyl sites for hydroxylation is 2. The number of amides is 1. The van der Waals surface area contributed by atoms with Crippen LogP contribution >= 0.6 is 0 Å². The molecule has 0 bridgehead atoms. The molecule has 1 saturated heterocycles. The van der Waals surface area contributed by atoms with Gasteiger partial charge >= 0.3 is 0 Å². The summed E-state index contributed by atoms with van der Waals surface area (Å²) in [5.74, 6) is 2.02. The molecule has 2 aliphatic carbocycles. The van der Waals surface area contributed by atoms with E-state index in [1.807, 2.05) is 18.3 Å². The molecule has 0 spiro atoms. The van der Waals surface area contributed by atoms with Crippen molar-refractivity contribution in [2.75, 3.05) is 18.0 Å². The Labute approximate surface area is 172 Å². The molecule has 0 aromatic carbocycles. The van der Waals surface area contributed by atoms with Crippen LogP contribution in [0.2, 0.25) is 0 Å². The lowest BCUT2D eigenvalue weighted by atomic mass is 9.93. The smallest absolute Gasteiger partial charge is 0.226 e. The third kappa shape index (κ3) is 3.72. The van der Waals surface area contributed by atoms with Crippen LogP contribution in [0.5, 0.6) is 0 Å². The summed E-state index contributed by atoms with van der Waals surface area (Å²) in [7, 11) is 0. The molecule has 2 fully saturated rings. The lowest BCUT2D eigenvalue weighted by Crippen LogP contribution is -2.56. The second kappa shape index (κ2) is 7.73. The Bertz CT molecular complexity index is 915.